The number of rotatable bonds is 3. The third-order valence-corrected chi connectivity index (χ3v) is 2.44. The van der Waals surface area contributed by atoms with Crippen LogP contribution in [0.25, 0.3) is 0 Å². The minimum absolute atomic E-state index is 0.0105. The third-order valence-electron chi connectivity index (χ3n) is 2.44. The Hall–Kier alpha value is -1.67. The molecule has 1 rings (SSSR count). The van der Waals surface area contributed by atoms with Gasteiger partial charge >= 0.3 is 5.97 Å². The third kappa shape index (κ3) is 4.30. The molecule has 0 aromatic carbocycles. The van der Waals surface area contributed by atoms with Crippen molar-refractivity contribution in [3.8, 4) is 0 Å². The largest absolute Gasteiger partial charge is 0.468 e. The molecular weight excluding hydrogens is 242 g/mol. The number of esters is 1. The zero-order valence-electron chi connectivity index (χ0n) is 10.4. The Morgan fingerprint density at radius 3 is 2.72 bits per heavy atom. The molecule has 0 aromatic rings. The molecule has 0 bridgehead atoms. The maximum atomic E-state index is 11.5. The quantitative estimate of drug-likeness (QED) is 0.450. The molecule has 1 atom stereocenters. The summed E-state index contributed by atoms with van der Waals surface area (Å²) in [5, 5.41) is 0. The summed E-state index contributed by atoms with van der Waals surface area (Å²) in [6.45, 7) is 2.37. The first-order chi connectivity index (χ1) is 8.54. The van der Waals surface area contributed by atoms with Gasteiger partial charge in [-0.15, -0.1) is 0 Å². The van der Waals surface area contributed by atoms with Crippen LogP contribution in [-0.2, 0) is 23.9 Å². The average molecular weight is 259 g/mol. The van der Waals surface area contributed by atoms with Crippen molar-refractivity contribution in [1.29, 1.82) is 0 Å². The Balaban J connectivity index is 2.48. The lowest BCUT2D eigenvalue weighted by Gasteiger charge is -2.32. The van der Waals surface area contributed by atoms with Crippen LogP contribution >= 0.6 is 0 Å². The average Bonchev–Trinajstić information content (AvgIpc) is 2.36. The molecule has 102 valence electrons. The number of ether oxygens (including phenoxy) is 2. The van der Waals surface area contributed by atoms with E-state index >= 15 is 0 Å². The smallest absolute Gasteiger partial charge is 0.325 e. The molecule has 0 saturated carbocycles. The van der Waals surface area contributed by atoms with Crippen molar-refractivity contribution < 1.29 is 23.9 Å². The fourth-order valence-corrected chi connectivity index (χ4v) is 1.56. The Morgan fingerprint density at radius 1 is 1.39 bits per heavy atom. The Bertz CT molecular complexity index is 333. The molecule has 0 aliphatic carbocycles. The van der Waals surface area contributed by atoms with E-state index in [1.807, 2.05) is 0 Å². The van der Waals surface area contributed by atoms with Crippen LogP contribution in [0.1, 0.15) is 6.92 Å². The number of hydrazine groups is 1. The zero-order chi connectivity index (χ0) is 13.5. The number of amides is 2. The Kier molecular flexibility index (Phi) is 5.53. The first-order valence-corrected chi connectivity index (χ1v) is 5.49. The first-order valence-electron chi connectivity index (χ1n) is 5.49. The van der Waals surface area contributed by atoms with E-state index in [-0.39, 0.29) is 19.1 Å². The molecule has 0 radical (unpaired) electrons. The summed E-state index contributed by atoms with van der Waals surface area (Å²) in [4.78, 5) is 35.3. The molecule has 1 fully saturated rings. The summed E-state index contributed by atoms with van der Waals surface area (Å²) >= 11 is 0. The van der Waals surface area contributed by atoms with Crippen LogP contribution in [0.5, 0.6) is 0 Å². The van der Waals surface area contributed by atoms with E-state index in [4.69, 9.17) is 4.74 Å². The standard InChI is InChI=1S/C10H17N3O5/c1-7(14)11-12-9(15)5-13-3-4-18-6-8(13)10(16)17-2/h8H,3-6H2,1-2H3,(H,11,14)(H,12,15). The summed E-state index contributed by atoms with van der Waals surface area (Å²) < 4.78 is 9.81. The number of nitrogens with zero attached hydrogens (tertiary/aromatic N) is 1. The molecule has 1 heterocycles. The second-order valence-electron chi connectivity index (χ2n) is 3.81. The van der Waals surface area contributed by atoms with Gasteiger partial charge in [0, 0.05) is 13.5 Å². The van der Waals surface area contributed by atoms with E-state index in [9.17, 15) is 14.4 Å². The highest BCUT2D eigenvalue weighted by Crippen LogP contribution is 2.07. The fourth-order valence-electron chi connectivity index (χ4n) is 1.56. The highest BCUT2D eigenvalue weighted by Gasteiger charge is 2.31. The monoisotopic (exact) mass is 259 g/mol. The van der Waals surface area contributed by atoms with Crippen LogP contribution in [0, 0.1) is 0 Å². The molecule has 8 heteroatoms. The molecule has 18 heavy (non-hydrogen) atoms. The molecule has 1 aliphatic heterocycles. The van der Waals surface area contributed by atoms with Crippen molar-refractivity contribution in [3.63, 3.8) is 0 Å². The summed E-state index contributed by atoms with van der Waals surface area (Å²) in [5.74, 6) is -1.21. The van der Waals surface area contributed by atoms with Gasteiger partial charge in [-0.2, -0.15) is 0 Å². The maximum absolute atomic E-state index is 11.5. The van der Waals surface area contributed by atoms with Gasteiger partial charge in [0.2, 0.25) is 5.91 Å². The van der Waals surface area contributed by atoms with Gasteiger partial charge in [-0.25, -0.2) is 0 Å². The van der Waals surface area contributed by atoms with Crippen LogP contribution < -0.4 is 10.9 Å². The van der Waals surface area contributed by atoms with Crippen molar-refractivity contribution in [2.75, 3.05) is 33.4 Å². The summed E-state index contributed by atoms with van der Waals surface area (Å²) in [6.07, 6.45) is 0. The number of morpholine rings is 1. The van der Waals surface area contributed by atoms with Gasteiger partial charge in [0.15, 0.2) is 0 Å². The van der Waals surface area contributed by atoms with E-state index in [1.165, 1.54) is 14.0 Å². The molecule has 8 nitrogen and oxygen atoms in total. The van der Waals surface area contributed by atoms with Crippen LogP contribution in [0.2, 0.25) is 0 Å². The molecule has 1 unspecified atom stereocenters. The summed E-state index contributed by atoms with van der Waals surface area (Å²) in [6, 6.07) is -0.591. The number of hydrogen-bond acceptors (Lipinski definition) is 6. The van der Waals surface area contributed by atoms with E-state index < -0.39 is 17.9 Å². The minimum atomic E-state index is -0.591. The van der Waals surface area contributed by atoms with Gasteiger partial charge in [0.05, 0.1) is 26.9 Å². The molecule has 0 aromatic heterocycles. The number of nitrogens with one attached hydrogen (secondary N) is 2. The van der Waals surface area contributed by atoms with Gasteiger partial charge in [-0.1, -0.05) is 0 Å². The van der Waals surface area contributed by atoms with Crippen molar-refractivity contribution in [2.45, 2.75) is 13.0 Å². The lowest BCUT2D eigenvalue weighted by Crippen LogP contribution is -2.55. The predicted molar refractivity (Wildman–Crippen MR) is 60.2 cm³/mol. The number of methoxy groups -OCH3 is 1. The van der Waals surface area contributed by atoms with E-state index in [1.54, 1.807) is 4.90 Å². The van der Waals surface area contributed by atoms with Crippen LogP contribution in [0.4, 0.5) is 0 Å². The topological polar surface area (TPSA) is 97.0 Å². The zero-order valence-corrected chi connectivity index (χ0v) is 10.4. The van der Waals surface area contributed by atoms with Gasteiger partial charge < -0.3 is 9.47 Å². The Morgan fingerprint density at radius 2 is 2.11 bits per heavy atom. The van der Waals surface area contributed by atoms with Crippen LogP contribution in [0.3, 0.4) is 0 Å². The molecule has 2 N–H and O–H groups in total. The molecule has 1 aliphatic rings. The van der Waals surface area contributed by atoms with Crippen molar-refractivity contribution >= 4 is 17.8 Å². The number of carbonyl (C=O) groups excluding carboxylic acids is 3. The number of hydrogen-bond donors (Lipinski definition) is 2. The minimum Gasteiger partial charge on any atom is -0.468 e. The van der Waals surface area contributed by atoms with Gasteiger partial charge in [0.25, 0.3) is 5.91 Å². The van der Waals surface area contributed by atoms with Crippen molar-refractivity contribution in [3.05, 3.63) is 0 Å². The van der Waals surface area contributed by atoms with Crippen molar-refractivity contribution in [1.82, 2.24) is 15.8 Å². The first kappa shape index (κ1) is 14.4. The maximum Gasteiger partial charge on any atom is 0.325 e. The van der Waals surface area contributed by atoms with Gasteiger partial charge in [-0.3, -0.25) is 30.1 Å². The SMILES string of the molecule is COC(=O)C1COCCN1CC(=O)NNC(C)=O. The van der Waals surface area contributed by atoms with Crippen LogP contribution in [-0.4, -0.2) is 62.1 Å². The molecule has 1 saturated heterocycles. The van der Waals surface area contributed by atoms with Gasteiger partial charge in [-0.05, 0) is 0 Å². The summed E-state index contributed by atoms with van der Waals surface area (Å²) in [7, 11) is 1.28. The Labute approximate surface area is 105 Å². The second kappa shape index (κ2) is 6.92. The highest BCUT2D eigenvalue weighted by molar-refractivity contribution is 5.83. The molecular formula is C10H17N3O5. The van der Waals surface area contributed by atoms with Crippen molar-refractivity contribution in [2.24, 2.45) is 0 Å². The second-order valence-corrected chi connectivity index (χ2v) is 3.81. The molecule has 0 spiro atoms. The summed E-state index contributed by atoms with van der Waals surface area (Å²) in [5.41, 5.74) is 4.41. The van der Waals surface area contributed by atoms with Crippen LogP contribution in [0.15, 0.2) is 0 Å². The fraction of sp³-hybridized carbons (Fsp3) is 0.700. The van der Waals surface area contributed by atoms with E-state index in [0.717, 1.165) is 0 Å². The van der Waals surface area contributed by atoms with E-state index in [2.05, 4.69) is 15.6 Å². The lowest BCUT2D eigenvalue weighted by atomic mass is 10.2. The normalized spacial score (nSPS) is 20.0. The highest BCUT2D eigenvalue weighted by atomic mass is 16.5. The number of carbonyl (C=O) groups is 3. The molecule has 2 amide bonds. The predicted octanol–water partition coefficient (Wildman–Crippen LogP) is -1.97. The van der Waals surface area contributed by atoms with Gasteiger partial charge in [0.1, 0.15) is 6.04 Å². The lowest BCUT2D eigenvalue weighted by molar-refractivity contribution is -0.154. The van der Waals surface area contributed by atoms with E-state index in [0.29, 0.717) is 13.2 Å².